The molecule has 2 aliphatic rings. The van der Waals surface area contributed by atoms with Gasteiger partial charge in [-0.05, 0) is 36.9 Å². The summed E-state index contributed by atoms with van der Waals surface area (Å²) in [5.41, 5.74) is -4.96. The van der Waals surface area contributed by atoms with Gasteiger partial charge in [-0.15, -0.1) is 5.10 Å². The molecule has 0 spiro atoms. The molecular weight excluding hydrogens is 487 g/mol. The molecule has 2 heterocycles. The first-order valence-corrected chi connectivity index (χ1v) is 11.1. The Morgan fingerprint density at radius 1 is 1.36 bits per heavy atom. The molecule has 6 atom stereocenters. The van der Waals surface area contributed by atoms with E-state index >= 15 is 0 Å². The Bertz CT molecular complexity index is 2030. The molecule has 0 aliphatic heterocycles. The highest BCUT2D eigenvalue weighted by molar-refractivity contribution is 7.99. The Labute approximate surface area is 237 Å². The minimum atomic E-state index is -4.45. The van der Waals surface area contributed by atoms with Crippen LogP contribution in [0.1, 0.15) is 73.8 Å². The van der Waals surface area contributed by atoms with Gasteiger partial charge in [0.2, 0.25) is 0 Å². The van der Waals surface area contributed by atoms with E-state index in [-0.39, 0.29) is 28.4 Å². The maximum Gasteiger partial charge on any atom is 0.191 e. The number of hydrogen-bond donors (Lipinski definition) is 4. The number of aromatic nitrogens is 5. The standard InChI is InChI=1S/C24H31FN6O4S/c1-3-8-36-24-27-22(26-16-10-14(16)13-5-4-12(2)15(25)9-13)19-23(28-24)31(30-29-19)17-11-18(35-7-6-32)21(34)20(17)33/h4-5,9,14,16-18,20-21,32-34H,3,6-8,10-11H2,1-2H3,(H,26,27,28)/t14-,16+,17+,18-,20-,21+/m0/s1/i4D,5D,6D2,7D2,8D2,9D,10D2,11D2,16D,17D,18D,20D,21D. The number of hydrogen-bond acceptors (Lipinski definition) is 10. The number of nitrogens with zero attached hydrogens (tertiary/aromatic N) is 5. The first kappa shape index (κ1) is 11.6. The minimum Gasteiger partial charge on any atom is -0.394 e. The van der Waals surface area contributed by atoms with E-state index in [0.29, 0.717) is 0 Å². The zero-order valence-corrected chi connectivity index (χ0v) is 19.4. The summed E-state index contributed by atoms with van der Waals surface area (Å²) in [6, 6.07) is -9.17. The van der Waals surface area contributed by atoms with E-state index in [0.717, 1.165) is 6.92 Å². The van der Waals surface area contributed by atoms with Gasteiger partial charge in [0.15, 0.2) is 22.1 Å². The number of rotatable bonds is 10. The average Bonchev–Trinajstić information content (AvgIpc) is 3.27. The summed E-state index contributed by atoms with van der Waals surface area (Å²) in [6.45, 7) is -5.67. The van der Waals surface area contributed by atoms with Crippen molar-refractivity contribution < 1.29 is 49.1 Å². The Hall–Kier alpha value is -2.38. The highest BCUT2D eigenvalue weighted by Crippen LogP contribution is 2.44. The molecule has 4 N–H and O–H groups in total. The fourth-order valence-electron chi connectivity index (χ4n) is 3.13. The maximum atomic E-state index is 14.9. The fourth-order valence-corrected chi connectivity index (χ4v) is 3.67. The number of aliphatic hydroxyl groups is 3. The predicted octanol–water partition coefficient (Wildman–Crippen LogP) is 2.18. The molecule has 1 aromatic carbocycles. The van der Waals surface area contributed by atoms with Gasteiger partial charge in [-0.2, -0.15) is 0 Å². The van der Waals surface area contributed by atoms with E-state index in [1.807, 2.05) is 0 Å². The lowest BCUT2D eigenvalue weighted by Crippen LogP contribution is -2.33. The fraction of sp³-hybridized carbons (Fsp3) is 0.583. The minimum absolute atomic E-state index is 0.0722. The van der Waals surface area contributed by atoms with Crippen LogP contribution >= 0.6 is 11.8 Å². The molecule has 36 heavy (non-hydrogen) atoms. The van der Waals surface area contributed by atoms with Gasteiger partial charge in [-0.25, -0.2) is 19.0 Å². The summed E-state index contributed by atoms with van der Waals surface area (Å²) in [5.74, 6) is -3.84. The van der Waals surface area contributed by atoms with Crippen LogP contribution in [0.2, 0.25) is 0 Å². The van der Waals surface area contributed by atoms with Crippen LogP contribution in [0.25, 0.3) is 11.2 Å². The highest BCUT2D eigenvalue weighted by atomic mass is 32.2. The van der Waals surface area contributed by atoms with Crippen LogP contribution in [0.4, 0.5) is 10.2 Å². The predicted molar refractivity (Wildman–Crippen MR) is 133 cm³/mol. The molecule has 2 aliphatic carbocycles. The van der Waals surface area contributed by atoms with Crippen LogP contribution in [0.5, 0.6) is 0 Å². The second kappa shape index (κ2) is 10.5. The lowest BCUT2D eigenvalue weighted by Gasteiger charge is -2.17. The summed E-state index contributed by atoms with van der Waals surface area (Å²) in [4.78, 5) is 8.08. The van der Waals surface area contributed by atoms with E-state index in [4.69, 9.17) is 24.7 Å². The zero-order valence-electron chi connectivity index (χ0n) is 36.6. The van der Waals surface area contributed by atoms with Crippen LogP contribution in [0.3, 0.4) is 0 Å². The van der Waals surface area contributed by atoms with Gasteiger partial charge in [-0.3, -0.25) is 0 Å². The van der Waals surface area contributed by atoms with Crippen molar-refractivity contribution in [1.82, 2.24) is 25.0 Å². The number of thioether (sulfide) groups is 1. The molecule has 0 amide bonds. The SMILES string of the molecule is [2H]c1c([2H])c([C@@H]2C([2H])([2H])[C@@]2([2H])Nc2nc(SC([2H])([2H])CC)nc3c2nnn3[C@]2([2H])C([2H])([2H])[C@]([2H])(OC([2H])([2H])C([2H])([2H])O)[C@@]([2H])(O)[C@@]2([2H])O)c([2H])c(F)c1C. The molecule has 2 fully saturated rings. The largest absolute Gasteiger partial charge is 0.394 e. The van der Waals surface area contributed by atoms with Crippen molar-refractivity contribution in [1.29, 1.82) is 0 Å². The van der Waals surface area contributed by atoms with Crippen LogP contribution in [-0.2, 0) is 4.74 Å². The molecule has 0 saturated heterocycles. The van der Waals surface area contributed by atoms with E-state index in [9.17, 15) is 19.7 Å². The van der Waals surface area contributed by atoms with Crippen molar-refractivity contribution in [2.45, 2.75) is 74.4 Å². The molecule has 2 aromatic heterocycles. The average molecular weight is 537 g/mol. The van der Waals surface area contributed by atoms with Gasteiger partial charge in [-0.1, -0.05) is 36.0 Å². The topological polar surface area (TPSA) is 138 Å². The molecule has 12 heteroatoms. The van der Waals surface area contributed by atoms with Crippen molar-refractivity contribution in [3.63, 3.8) is 0 Å². The summed E-state index contributed by atoms with van der Waals surface area (Å²) in [6.07, 6.45) is -20.4. The third-order valence-corrected chi connectivity index (χ3v) is 5.70. The van der Waals surface area contributed by atoms with Crippen LogP contribution in [-0.4, -0.2) is 83.4 Å². The molecule has 0 radical (unpaired) electrons. The Kier molecular flexibility index (Phi) is 3.39. The van der Waals surface area contributed by atoms with Gasteiger partial charge in [0.05, 0.1) is 41.7 Å². The van der Waals surface area contributed by atoms with Crippen molar-refractivity contribution >= 4 is 28.7 Å². The van der Waals surface area contributed by atoms with Crippen molar-refractivity contribution in [3.05, 3.63) is 35.1 Å². The van der Waals surface area contributed by atoms with Gasteiger partial charge in [0.25, 0.3) is 0 Å². The third-order valence-electron chi connectivity index (χ3n) is 4.90. The van der Waals surface area contributed by atoms with Crippen molar-refractivity contribution in [2.75, 3.05) is 24.1 Å². The number of nitrogens with one attached hydrogen (secondary N) is 1. The summed E-state index contributed by atoms with van der Waals surface area (Å²) >= 11 is 0.274. The van der Waals surface area contributed by atoms with E-state index in [1.165, 1.54) is 6.92 Å². The monoisotopic (exact) mass is 536 g/mol. The summed E-state index contributed by atoms with van der Waals surface area (Å²) in [7, 11) is 0. The Morgan fingerprint density at radius 3 is 2.97 bits per heavy atom. The molecule has 194 valence electrons. The second-order valence-electron chi connectivity index (χ2n) is 7.29. The first-order valence-electron chi connectivity index (χ1n) is 19.3. The second-order valence-corrected chi connectivity index (χ2v) is 8.15. The number of ether oxygens (including phenoxy) is 1. The third kappa shape index (κ3) is 4.92. The molecule has 0 unspecified atom stereocenters. The van der Waals surface area contributed by atoms with Gasteiger partial charge >= 0.3 is 0 Å². The lowest BCUT2D eigenvalue weighted by molar-refractivity contribution is -0.0629. The maximum absolute atomic E-state index is 14.9. The molecule has 0 bridgehead atoms. The molecule has 3 aromatic rings. The lowest BCUT2D eigenvalue weighted by atomic mass is 10.1. The normalized spacial score (nSPS) is 49.1. The Morgan fingerprint density at radius 2 is 2.19 bits per heavy atom. The van der Waals surface area contributed by atoms with Gasteiger partial charge in [0.1, 0.15) is 18.0 Å². The zero-order chi connectivity index (χ0) is 41.6. The van der Waals surface area contributed by atoms with Crippen LogP contribution < -0.4 is 5.32 Å². The highest BCUT2D eigenvalue weighted by Gasteiger charge is 2.45. The molecule has 5 rings (SSSR count). The number of anilines is 1. The number of benzene rings is 1. The first-order chi connectivity index (χ1) is 24.1. The number of fused-ring (bicyclic) bond motifs is 1. The summed E-state index contributed by atoms with van der Waals surface area (Å²) in [5, 5.41) is 41.0. The van der Waals surface area contributed by atoms with Crippen molar-refractivity contribution in [3.8, 4) is 0 Å². The van der Waals surface area contributed by atoms with Crippen LogP contribution in [0, 0.1) is 12.7 Å². The molecule has 2 saturated carbocycles. The quantitative estimate of drug-likeness (QED) is 0.225. The van der Waals surface area contributed by atoms with E-state index in [2.05, 4.69) is 30.3 Å². The van der Waals surface area contributed by atoms with Gasteiger partial charge in [0, 0.05) is 32.2 Å². The Balaban J connectivity index is 1.75. The summed E-state index contributed by atoms with van der Waals surface area (Å²) < 4.78 is 169. The van der Waals surface area contributed by atoms with Crippen LogP contribution in [0.15, 0.2) is 23.3 Å². The molecule has 10 nitrogen and oxygen atoms in total. The van der Waals surface area contributed by atoms with Crippen molar-refractivity contribution in [2.24, 2.45) is 0 Å². The van der Waals surface area contributed by atoms with E-state index < -0.39 is 119 Å². The van der Waals surface area contributed by atoms with E-state index in [1.54, 1.807) is 0 Å². The van der Waals surface area contributed by atoms with Gasteiger partial charge < -0.3 is 25.4 Å². The number of halogens is 1. The molecular formula is C24H31FN6O4S. The smallest absolute Gasteiger partial charge is 0.191 e.